The van der Waals surface area contributed by atoms with E-state index in [0.717, 1.165) is 5.56 Å². The average Bonchev–Trinajstić information content (AvgIpc) is 3.21. The molecule has 0 bridgehead atoms. The third-order valence-corrected chi connectivity index (χ3v) is 7.43. The molecule has 2 aromatic rings. The number of carbonyl (C=O) groups excluding carboxylic acids is 1. The minimum absolute atomic E-state index is 0.00991. The lowest BCUT2D eigenvalue weighted by atomic mass is 9.94. The second-order valence-corrected chi connectivity index (χ2v) is 9.98. The van der Waals surface area contributed by atoms with Gasteiger partial charge in [-0.05, 0) is 29.8 Å². The number of hydrogen-bond acceptors (Lipinski definition) is 3. The number of piperazine rings is 1. The molecule has 1 aliphatic heterocycles. The normalized spacial score (nSPS) is 16.9. The summed E-state index contributed by atoms with van der Waals surface area (Å²) < 4.78 is 29.2. The summed E-state index contributed by atoms with van der Waals surface area (Å²) in [6, 6.07) is 11.5. The maximum atomic E-state index is 13.0. The molecule has 7 nitrogen and oxygen atoms in total. The molecule has 1 aromatic heterocycles. The zero-order valence-electron chi connectivity index (χ0n) is 16.7. The fourth-order valence-electron chi connectivity index (χ4n) is 3.51. The van der Waals surface area contributed by atoms with Crippen LogP contribution in [0.5, 0.6) is 0 Å². The Morgan fingerprint density at radius 3 is 2.21 bits per heavy atom. The van der Waals surface area contributed by atoms with Gasteiger partial charge in [0.2, 0.25) is 5.91 Å². The van der Waals surface area contributed by atoms with Gasteiger partial charge < -0.3 is 9.47 Å². The molecule has 9 heteroatoms. The fraction of sp³-hybridized carbons (Fsp3) is 0.450. The van der Waals surface area contributed by atoms with Crippen molar-refractivity contribution in [3.8, 4) is 0 Å². The maximum Gasteiger partial charge on any atom is 0.281 e. The van der Waals surface area contributed by atoms with E-state index in [2.05, 4.69) is 4.57 Å². The summed E-state index contributed by atoms with van der Waals surface area (Å²) in [4.78, 5) is 14.7. The largest absolute Gasteiger partial charge is 0.354 e. The van der Waals surface area contributed by atoms with Crippen LogP contribution in [0.15, 0.2) is 48.8 Å². The van der Waals surface area contributed by atoms with Crippen molar-refractivity contribution in [1.82, 2.24) is 18.1 Å². The zero-order valence-corrected chi connectivity index (χ0v) is 18.3. The minimum atomic E-state index is -3.44. The van der Waals surface area contributed by atoms with E-state index in [1.807, 2.05) is 48.8 Å². The molecule has 0 unspecified atom stereocenters. The van der Waals surface area contributed by atoms with Crippen LogP contribution in [0.2, 0.25) is 5.02 Å². The van der Waals surface area contributed by atoms with Crippen LogP contribution < -0.4 is 0 Å². The van der Waals surface area contributed by atoms with Crippen LogP contribution in [-0.2, 0) is 21.5 Å². The Morgan fingerprint density at radius 2 is 1.66 bits per heavy atom. The summed E-state index contributed by atoms with van der Waals surface area (Å²) in [6.45, 7) is 2.13. The molecular formula is C20H27ClN4O3S. The van der Waals surface area contributed by atoms with E-state index in [1.165, 1.54) is 22.7 Å². The quantitative estimate of drug-likeness (QED) is 0.666. The minimum Gasteiger partial charge on any atom is -0.354 e. The number of halogens is 1. The first-order valence-corrected chi connectivity index (χ1v) is 11.4. The van der Waals surface area contributed by atoms with Gasteiger partial charge in [0.05, 0.1) is 0 Å². The number of carbonyl (C=O) groups is 1. The molecular weight excluding hydrogens is 412 g/mol. The van der Waals surface area contributed by atoms with Gasteiger partial charge in [-0.3, -0.25) is 4.79 Å². The van der Waals surface area contributed by atoms with Crippen LogP contribution in [0, 0.1) is 0 Å². The van der Waals surface area contributed by atoms with Gasteiger partial charge in [0.1, 0.15) is 0 Å². The summed E-state index contributed by atoms with van der Waals surface area (Å²) in [5, 5.41) is 0.665. The predicted octanol–water partition coefficient (Wildman–Crippen LogP) is 2.27. The van der Waals surface area contributed by atoms with Crippen LogP contribution in [0.25, 0.3) is 0 Å². The number of hydrogen-bond donors (Lipinski definition) is 0. The highest BCUT2D eigenvalue weighted by molar-refractivity contribution is 7.86. The van der Waals surface area contributed by atoms with Gasteiger partial charge in [-0.25, -0.2) is 0 Å². The SMILES string of the molecule is CN(C)S(=O)(=O)N1CCN(C(=O)C[C@H](Cn2cccc2)c2ccc(Cl)cc2)CC1. The second kappa shape index (κ2) is 9.30. The van der Waals surface area contributed by atoms with Crippen LogP contribution in [0.4, 0.5) is 0 Å². The highest BCUT2D eigenvalue weighted by Gasteiger charge is 2.31. The standard InChI is InChI=1S/C20H27ClN4O3S/c1-22(2)29(27,28)25-13-11-24(12-14-25)20(26)15-18(16-23-9-3-4-10-23)17-5-7-19(21)8-6-17/h3-10,18H,11-16H2,1-2H3/t18-/m1/s1. The van der Waals surface area contributed by atoms with Gasteiger partial charge in [-0.2, -0.15) is 17.0 Å². The molecule has 29 heavy (non-hydrogen) atoms. The molecule has 0 spiro atoms. The van der Waals surface area contributed by atoms with Crippen LogP contribution >= 0.6 is 11.6 Å². The van der Waals surface area contributed by atoms with E-state index in [0.29, 0.717) is 44.2 Å². The molecule has 0 aliphatic carbocycles. The second-order valence-electron chi connectivity index (χ2n) is 7.40. The first-order chi connectivity index (χ1) is 13.8. The average molecular weight is 439 g/mol. The van der Waals surface area contributed by atoms with Crippen molar-refractivity contribution >= 4 is 27.7 Å². The Balaban J connectivity index is 1.66. The molecule has 1 aromatic carbocycles. The maximum absolute atomic E-state index is 13.0. The molecule has 0 saturated carbocycles. The number of aromatic nitrogens is 1. The monoisotopic (exact) mass is 438 g/mol. The Kier molecular flexibility index (Phi) is 7.00. The lowest BCUT2D eigenvalue weighted by molar-refractivity contribution is -0.132. The van der Waals surface area contributed by atoms with Crippen molar-refractivity contribution in [3.05, 3.63) is 59.4 Å². The van der Waals surface area contributed by atoms with E-state index in [4.69, 9.17) is 11.6 Å². The smallest absolute Gasteiger partial charge is 0.281 e. The van der Waals surface area contributed by atoms with Gasteiger partial charge >= 0.3 is 0 Å². The van der Waals surface area contributed by atoms with E-state index >= 15 is 0 Å². The summed E-state index contributed by atoms with van der Waals surface area (Å²) in [6.07, 6.45) is 4.33. The predicted molar refractivity (Wildman–Crippen MR) is 114 cm³/mol. The fourth-order valence-corrected chi connectivity index (χ4v) is 4.72. The first-order valence-electron chi connectivity index (χ1n) is 9.59. The number of benzene rings is 1. The van der Waals surface area contributed by atoms with Crippen LogP contribution in [0.3, 0.4) is 0 Å². The van der Waals surface area contributed by atoms with Gasteiger partial charge in [0.25, 0.3) is 10.2 Å². The van der Waals surface area contributed by atoms with Crippen molar-refractivity contribution in [2.75, 3.05) is 40.3 Å². The Morgan fingerprint density at radius 1 is 1.07 bits per heavy atom. The Labute approximate surface area is 177 Å². The Bertz CT molecular complexity index is 906. The third-order valence-electron chi connectivity index (χ3n) is 5.24. The first kappa shape index (κ1) is 21.8. The zero-order chi connectivity index (χ0) is 21.0. The van der Waals surface area contributed by atoms with Crippen molar-refractivity contribution in [2.45, 2.75) is 18.9 Å². The number of rotatable bonds is 7. The molecule has 1 fully saturated rings. The molecule has 0 N–H and O–H groups in total. The van der Waals surface area contributed by atoms with Gasteiger partial charge in [0.15, 0.2) is 0 Å². The third kappa shape index (κ3) is 5.39. The highest BCUT2D eigenvalue weighted by Crippen LogP contribution is 2.25. The summed E-state index contributed by atoms with van der Waals surface area (Å²) in [5.74, 6) is 0.0507. The van der Waals surface area contributed by atoms with Crippen molar-refractivity contribution in [2.24, 2.45) is 0 Å². The van der Waals surface area contributed by atoms with Crippen molar-refractivity contribution < 1.29 is 13.2 Å². The number of amides is 1. The van der Waals surface area contributed by atoms with E-state index in [9.17, 15) is 13.2 Å². The van der Waals surface area contributed by atoms with Crippen molar-refractivity contribution in [1.29, 1.82) is 0 Å². The van der Waals surface area contributed by atoms with E-state index in [-0.39, 0.29) is 11.8 Å². The molecule has 158 valence electrons. The molecule has 1 aliphatic rings. The van der Waals surface area contributed by atoms with Gasteiger partial charge in [-0.1, -0.05) is 23.7 Å². The van der Waals surface area contributed by atoms with Crippen molar-refractivity contribution in [3.63, 3.8) is 0 Å². The molecule has 1 saturated heterocycles. The molecule has 2 heterocycles. The molecule has 3 rings (SSSR count). The van der Waals surface area contributed by atoms with Crippen LogP contribution in [-0.4, -0.2) is 72.7 Å². The lowest BCUT2D eigenvalue weighted by Crippen LogP contribution is -2.53. The summed E-state index contributed by atoms with van der Waals surface area (Å²) >= 11 is 6.02. The van der Waals surface area contributed by atoms with E-state index in [1.54, 1.807) is 4.90 Å². The summed E-state index contributed by atoms with van der Waals surface area (Å²) in [5.41, 5.74) is 1.06. The van der Waals surface area contributed by atoms with E-state index < -0.39 is 10.2 Å². The highest BCUT2D eigenvalue weighted by atomic mass is 35.5. The Hall–Kier alpha value is -1.87. The molecule has 0 radical (unpaired) electrons. The lowest BCUT2D eigenvalue weighted by Gasteiger charge is -2.35. The van der Waals surface area contributed by atoms with Gasteiger partial charge in [0, 0.05) is 76.6 Å². The number of nitrogens with zero attached hydrogens (tertiary/aromatic N) is 4. The summed E-state index contributed by atoms with van der Waals surface area (Å²) in [7, 11) is -0.403. The van der Waals surface area contributed by atoms with Gasteiger partial charge in [-0.15, -0.1) is 0 Å². The van der Waals surface area contributed by atoms with Crippen LogP contribution in [0.1, 0.15) is 17.9 Å². The molecule has 1 amide bonds. The molecule has 1 atom stereocenters. The topological polar surface area (TPSA) is 65.9 Å².